The largest absolute Gasteiger partial charge is 0.496 e. The van der Waals surface area contributed by atoms with Crippen LogP contribution in [0.15, 0.2) is 12.1 Å². The van der Waals surface area contributed by atoms with E-state index >= 15 is 0 Å². The van der Waals surface area contributed by atoms with E-state index in [1.807, 2.05) is 7.05 Å². The maximum absolute atomic E-state index is 12.7. The first kappa shape index (κ1) is 15.9. The molecule has 116 valence electrons. The van der Waals surface area contributed by atoms with Gasteiger partial charge in [0.1, 0.15) is 5.75 Å². The fourth-order valence-electron chi connectivity index (χ4n) is 2.64. The highest BCUT2D eigenvalue weighted by atomic mass is 35.5. The van der Waals surface area contributed by atoms with Crippen molar-refractivity contribution < 1.29 is 9.53 Å². The van der Waals surface area contributed by atoms with E-state index in [0.717, 1.165) is 25.9 Å². The lowest BCUT2D eigenvalue weighted by Gasteiger charge is -2.35. The predicted octanol–water partition coefficient (Wildman–Crippen LogP) is 2.10. The van der Waals surface area contributed by atoms with Crippen LogP contribution in [0.2, 0.25) is 5.02 Å². The standard InChI is InChI=1S/C15H22ClN3O2/c1-18-6-4-10(5-7-18)19(2)15(20)11-8-12(16)13(17)9-14(11)21-3/h8-10H,4-7,17H2,1-3H3. The third kappa shape index (κ3) is 3.41. The number of amides is 1. The summed E-state index contributed by atoms with van der Waals surface area (Å²) in [6.45, 7) is 2.00. The maximum Gasteiger partial charge on any atom is 0.257 e. The molecule has 6 heteroatoms. The number of halogens is 1. The quantitative estimate of drug-likeness (QED) is 0.869. The summed E-state index contributed by atoms with van der Waals surface area (Å²) in [5, 5.41) is 0.371. The van der Waals surface area contributed by atoms with Crippen molar-refractivity contribution in [1.82, 2.24) is 9.80 Å². The van der Waals surface area contributed by atoms with E-state index in [-0.39, 0.29) is 11.9 Å². The first-order chi connectivity index (χ1) is 9.93. The third-order valence-corrected chi connectivity index (χ3v) is 4.43. The van der Waals surface area contributed by atoms with Crippen LogP contribution in [0.25, 0.3) is 0 Å². The fourth-order valence-corrected chi connectivity index (χ4v) is 2.81. The van der Waals surface area contributed by atoms with Gasteiger partial charge in [-0.1, -0.05) is 11.6 Å². The molecule has 0 aromatic heterocycles. The number of carbonyl (C=O) groups excluding carboxylic acids is 1. The Morgan fingerprint density at radius 2 is 2.05 bits per heavy atom. The average Bonchev–Trinajstić information content (AvgIpc) is 2.49. The van der Waals surface area contributed by atoms with Gasteiger partial charge in [-0.05, 0) is 39.0 Å². The first-order valence-electron chi connectivity index (χ1n) is 7.02. The highest BCUT2D eigenvalue weighted by Gasteiger charge is 2.26. The Hall–Kier alpha value is -1.46. The summed E-state index contributed by atoms with van der Waals surface area (Å²) < 4.78 is 5.26. The van der Waals surface area contributed by atoms with Gasteiger partial charge in [0.05, 0.1) is 23.4 Å². The molecular formula is C15H22ClN3O2. The number of piperidine rings is 1. The fraction of sp³-hybridized carbons (Fsp3) is 0.533. The van der Waals surface area contributed by atoms with E-state index in [0.29, 0.717) is 22.0 Å². The molecule has 2 rings (SSSR count). The second kappa shape index (κ2) is 6.54. The van der Waals surface area contributed by atoms with Crippen molar-refractivity contribution in [2.45, 2.75) is 18.9 Å². The molecule has 1 heterocycles. The summed E-state index contributed by atoms with van der Waals surface area (Å²) in [7, 11) is 5.46. The zero-order chi connectivity index (χ0) is 15.6. The third-order valence-electron chi connectivity index (χ3n) is 4.11. The molecule has 0 unspecified atom stereocenters. The normalized spacial score (nSPS) is 16.8. The number of methoxy groups -OCH3 is 1. The number of nitrogens with two attached hydrogens (primary N) is 1. The number of nitrogen functional groups attached to an aromatic ring is 1. The number of nitrogens with zero attached hydrogens (tertiary/aromatic N) is 2. The number of carbonyl (C=O) groups is 1. The van der Waals surface area contributed by atoms with E-state index in [1.165, 1.54) is 7.11 Å². The first-order valence-corrected chi connectivity index (χ1v) is 7.40. The molecule has 0 spiro atoms. The molecule has 1 saturated heterocycles. The predicted molar refractivity (Wildman–Crippen MR) is 85.0 cm³/mol. The second-order valence-electron chi connectivity index (χ2n) is 5.52. The molecule has 2 N–H and O–H groups in total. The summed E-state index contributed by atoms with van der Waals surface area (Å²) >= 11 is 6.04. The Morgan fingerprint density at radius 1 is 1.43 bits per heavy atom. The smallest absolute Gasteiger partial charge is 0.257 e. The van der Waals surface area contributed by atoms with E-state index < -0.39 is 0 Å². The zero-order valence-corrected chi connectivity index (χ0v) is 13.5. The Balaban J connectivity index is 2.21. The number of benzene rings is 1. The number of hydrogen-bond donors (Lipinski definition) is 1. The van der Waals surface area contributed by atoms with E-state index in [1.54, 1.807) is 17.0 Å². The number of anilines is 1. The molecule has 1 aliphatic rings. The van der Waals surface area contributed by atoms with Crippen molar-refractivity contribution in [1.29, 1.82) is 0 Å². The van der Waals surface area contributed by atoms with Crippen LogP contribution in [0.5, 0.6) is 5.75 Å². The van der Waals surface area contributed by atoms with Crippen LogP contribution < -0.4 is 10.5 Å². The Kier molecular flexibility index (Phi) is 4.96. The molecule has 1 amide bonds. The summed E-state index contributed by atoms with van der Waals surface area (Å²) in [6.07, 6.45) is 1.95. The van der Waals surface area contributed by atoms with Gasteiger partial charge in [-0.25, -0.2) is 0 Å². The molecule has 0 aliphatic carbocycles. The molecule has 1 aliphatic heterocycles. The zero-order valence-electron chi connectivity index (χ0n) is 12.7. The minimum Gasteiger partial charge on any atom is -0.496 e. The van der Waals surface area contributed by atoms with Crippen LogP contribution in [-0.4, -0.2) is 56.0 Å². The lowest BCUT2D eigenvalue weighted by molar-refractivity contribution is 0.0656. The van der Waals surface area contributed by atoms with Gasteiger partial charge in [-0.2, -0.15) is 0 Å². The molecule has 0 radical (unpaired) electrons. The van der Waals surface area contributed by atoms with Gasteiger partial charge in [-0.15, -0.1) is 0 Å². The van der Waals surface area contributed by atoms with Crippen molar-refractivity contribution in [2.75, 3.05) is 40.0 Å². The molecule has 21 heavy (non-hydrogen) atoms. The van der Waals surface area contributed by atoms with E-state index in [4.69, 9.17) is 22.1 Å². The van der Waals surface area contributed by atoms with Crippen molar-refractivity contribution in [3.63, 3.8) is 0 Å². The van der Waals surface area contributed by atoms with E-state index in [2.05, 4.69) is 11.9 Å². The molecule has 5 nitrogen and oxygen atoms in total. The molecule has 1 aromatic carbocycles. The lowest BCUT2D eigenvalue weighted by Crippen LogP contribution is -2.44. The molecular weight excluding hydrogens is 290 g/mol. The Bertz CT molecular complexity index is 528. The molecule has 1 aromatic rings. The summed E-state index contributed by atoms with van der Waals surface area (Å²) in [4.78, 5) is 16.8. The molecule has 1 fully saturated rings. The second-order valence-corrected chi connectivity index (χ2v) is 5.93. The number of hydrogen-bond acceptors (Lipinski definition) is 4. The monoisotopic (exact) mass is 311 g/mol. The van der Waals surface area contributed by atoms with Crippen LogP contribution >= 0.6 is 11.6 Å². The van der Waals surface area contributed by atoms with Crippen molar-refractivity contribution >= 4 is 23.2 Å². The van der Waals surface area contributed by atoms with Gasteiger partial charge < -0.3 is 20.3 Å². The van der Waals surface area contributed by atoms with E-state index in [9.17, 15) is 4.79 Å². The van der Waals surface area contributed by atoms with Gasteiger partial charge in [-0.3, -0.25) is 4.79 Å². The van der Waals surface area contributed by atoms with Gasteiger partial charge in [0.25, 0.3) is 5.91 Å². The minimum absolute atomic E-state index is 0.0803. The molecule has 0 saturated carbocycles. The lowest BCUT2D eigenvalue weighted by atomic mass is 10.0. The Morgan fingerprint density at radius 3 is 2.62 bits per heavy atom. The number of ether oxygens (including phenoxy) is 1. The Labute approximate surface area is 130 Å². The van der Waals surface area contributed by atoms with Crippen molar-refractivity contribution in [2.24, 2.45) is 0 Å². The highest BCUT2D eigenvalue weighted by Crippen LogP contribution is 2.30. The minimum atomic E-state index is -0.0803. The van der Waals surface area contributed by atoms with Gasteiger partial charge in [0, 0.05) is 19.2 Å². The van der Waals surface area contributed by atoms with Crippen LogP contribution in [-0.2, 0) is 0 Å². The van der Waals surface area contributed by atoms with Crippen LogP contribution in [0.4, 0.5) is 5.69 Å². The van der Waals surface area contributed by atoms with Gasteiger partial charge >= 0.3 is 0 Å². The van der Waals surface area contributed by atoms with Crippen LogP contribution in [0.3, 0.4) is 0 Å². The van der Waals surface area contributed by atoms with Crippen LogP contribution in [0, 0.1) is 0 Å². The number of rotatable bonds is 3. The van der Waals surface area contributed by atoms with Crippen molar-refractivity contribution in [3.05, 3.63) is 22.7 Å². The number of likely N-dealkylation sites (tertiary alicyclic amines) is 1. The van der Waals surface area contributed by atoms with Crippen LogP contribution in [0.1, 0.15) is 23.2 Å². The maximum atomic E-state index is 12.7. The summed E-state index contributed by atoms with van der Waals surface area (Å²) in [6, 6.07) is 3.43. The highest BCUT2D eigenvalue weighted by molar-refractivity contribution is 6.33. The van der Waals surface area contributed by atoms with Crippen molar-refractivity contribution in [3.8, 4) is 5.75 Å². The molecule has 0 atom stereocenters. The topological polar surface area (TPSA) is 58.8 Å². The summed E-state index contributed by atoms with van der Waals surface area (Å²) in [5.74, 6) is 0.380. The van der Waals surface area contributed by atoms with Gasteiger partial charge in [0.2, 0.25) is 0 Å². The SMILES string of the molecule is COc1cc(N)c(Cl)cc1C(=O)N(C)C1CCN(C)CC1. The summed E-state index contributed by atoms with van der Waals surface area (Å²) in [5.41, 5.74) is 6.62. The van der Waals surface area contributed by atoms with Gasteiger partial charge in [0.15, 0.2) is 0 Å². The average molecular weight is 312 g/mol. The molecule has 0 bridgehead atoms.